The highest BCUT2D eigenvalue weighted by molar-refractivity contribution is 7.09. The Morgan fingerprint density at radius 1 is 1.42 bits per heavy atom. The zero-order valence-electron chi connectivity index (χ0n) is 12.6. The van der Waals surface area contributed by atoms with Crippen molar-refractivity contribution in [3.05, 3.63) is 46.0 Å². The fourth-order valence-electron chi connectivity index (χ4n) is 2.18. The number of H-pyrrole nitrogens is 1. The fourth-order valence-corrected chi connectivity index (χ4v) is 3.04. The Hall–Kier alpha value is -3.05. The molecule has 0 saturated heterocycles. The van der Waals surface area contributed by atoms with Crippen molar-refractivity contribution in [2.45, 2.75) is 12.8 Å². The molecule has 0 spiro atoms. The van der Waals surface area contributed by atoms with Gasteiger partial charge in [0.05, 0.1) is 11.6 Å². The molecule has 120 valence electrons. The van der Waals surface area contributed by atoms with Gasteiger partial charge in [-0.3, -0.25) is 9.89 Å². The van der Waals surface area contributed by atoms with E-state index in [1.165, 1.54) is 11.3 Å². The van der Waals surface area contributed by atoms with Gasteiger partial charge >= 0.3 is 5.97 Å². The molecule has 3 rings (SSSR count). The Morgan fingerprint density at radius 3 is 2.92 bits per heavy atom. The minimum Gasteiger partial charge on any atom is -0.453 e. The van der Waals surface area contributed by atoms with Crippen molar-refractivity contribution in [1.29, 1.82) is 5.26 Å². The van der Waals surface area contributed by atoms with Gasteiger partial charge in [0.2, 0.25) is 0 Å². The standard InChI is InChI=1S/C16H12N4O3S/c1-9-8-24-15(18-9)11(6-17)13(21)7-23-16(22)14-10-4-2-3-5-12(10)19-20-14/h2-5,8,11H,7H2,1H3,(H,19,20)/t11-/m1/s1. The second kappa shape index (κ2) is 6.60. The van der Waals surface area contributed by atoms with E-state index in [0.29, 0.717) is 15.9 Å². The molecule has 0 aliphatic heterocycles. The molecular weight excluding hydrogens is 328 g/mol. The van der Waals surface area contributed by atoms with E-state index in [0.717, 1.165) is 5.69 Å². The number of nitrogens with zero attached hydrogens (tertiary/aromatic N) is 3. The van der Waals surface area contributed by atoms with Crippen molar-refractivity contribution in [2.24, 2.45) is 0 Å². The summed E-state index contributed by atoms with van der Waals surface area (Å²) in [6.07, 6.45) is 0. The minimum absolute atomic E-state index is 0.108. The molecule has 2 aromatic heterocycles. The number of ether oxygens (including phenoxy) is 1. The maximum absolute atomic E-state index is 12.2. The van der Waals surface area contributed by atoms with Gasteiger partial charge in [0.15, 0.2) is 24.0 Å². The summed E-state index contributed by atoms with van der Waals surface area (Å²) in [5.41, 5.74) is 1.55. The highest BCUT2D eigenvalue weighted by Gasteiger charge is 2.25. The largest absolute Gasteiger partial charge is 0.453 e. The van der Waals surface area contributed by atoms with E-state index in [1.54, 1.807) is 30.5 Å². The Bertz CT molecular complexity index is 954. The Balaban J connectivity index is 1.69. The molecular formula is C16H12N4O3S. The number of esters is 1. The third-order valence-corrected chi connectivity index (χ3v) is 4.37. The van der Waals surface area contributed by atoms with Crippen LogP contribution in [0.25, 0.3) is 10.9 Å². The number of Topliss-reactive ketones (excluding diaryl/α,β-unsaturated/α-hetero) is 1. The van der Waals surface area contributed by atoms with E-state index in [4.69, 9.17) is 4.74 Å². The number of aromatic nitrogens is 3. The molecule has 1 atom stereocenters. The molecule has 3 aromatic rings. The summed E-state index contributed by atoms with van der Waals surface area (Å²) in [7, 11) is 0. The second-order valence-corrected chi connectivity index (χ2v) is 5.94. The maximum Gasteiger partial charge on any atom is 0.359 e. The molecule has 0 unspecified atom stereocenters. The van der Waals surface area contributed by atoms with Crippen molar-refractivity contribution in [3.8, 4) is 6.07 Å². The molecule has 0 bridgehead atoms. The first-order chi connectivity index (χ1) is 11.6. The van der Waals surface area contributed by atoms with Crippen LogP contribution in [0.15, 0.2) is 29.6 Å². The highest BCUT2D eigenvalue weighted by Crippen LogP contribution is 2.21. The number of hydrogen-bond donors (Lipinski definition) is 1. The molecule has 0 amide bonds. The first-order valence-corrected chi connectivity index (χ1v) is 7.92. The number of aromatic amines is 1. The van der Waals surface area contributed by atoms with Gasteiger partial charge in [0.1, 0.15) is 5.01 Å². The van der Waals surface area contributed by atoms with Gasteiger partial charge in [-0.2, -0.15) is 10.4 Å². The third kappa shape index (κ3) is 3.02. The maximum atomic E-state index is 12.2. The van der Waals surface area contributed by atoms with Gasteiger partial charge in [0.25, 0.3) is 0 Å². The number of hydrogen-bond acceptors (Lipinski definition) is 7. The van der Waals surface area contributed by atoms with Crippen LogP contribution in [-0.2, 0) is 9.53 Å². The average molecular weight is 340 g/mol. The smallest absolute Gasteiger partial charge is 0.359 e. The average Bonchev–Trinajstić information content (AvgIpc) is 3.20. The number of nitrogens with one attached hydrogen (secondary N) is 1. The number of carbonyl (C=O) groups excluding carboxylic acids is 2. The third-order valence-electron chi connectivity index (χ3n) is 3.34. The lowest BCUT2D eigenvalue weighted by Crippen LogP contribution is -2.20. The summed E-state index contributed by atoms with van der Waals surface area (Å²) in [5, 5.41) is 18.6. The fraction of sp³-hybridized carbons (Fsp3) is 0.188. The van der Waals surface area contributed by atoms with Crippen molar-refractivity contribution in [2.75, 3.05) is 6.61 Å². The molecule has 8 heteroatoms. The number of aryl methyl sites for hydroxylation is 1. The summed E-state index contributed by atoms with van der Waals surface area (Å²) in [4.78, 5) is 28.4. The van der Waals surface area contributed by atoms with Crippen molar-refractivity contribution in [1.82, 2.24) is 15.2 Å². The van der Waals surface area contributed by atoms with Crippen LogP contribution < -0.4 is 0 Å². The van der Waals surface area contributed by atoms with E-state index in [-0.39, 0.29) is 5.69 Å². The lowest BCUT2D eigenvalue weighted by atomic mass is 10.1. The summed E-state index contributed by atoms with van der Waals surface area (Å²) in [5.74, 6) is -2.26. The van der Waals surface area contributed by atoms with Crippen molar-refractivity contribution < 1.29 is 14.3 Å². The van der Waals surface area contributed by atoms with Crippen LogP contribution in [0.2, 0.25) is 0 Å². The number of carbonyl (C=O) groups is 2. The number of benzene rings is 1. The highest BCUT2D eigenvalue weighted by atomic mass is 32.1. The molecule has 1 aromatic carbocycles. The zero-order chi connectivity index (χ0) is 17.1. The van der Waals surface area contributed by atoms with Crippen LogP contribution in [0.1, 0.15) is 27.1 Å². The first-order valence-electron chi connectivity index (χ1n) is 7.04. The first kappa shape index (κ1) is 15.8. The molecule has 0 saturated carbocycles. The number of fused-ring (bicyclic) bond motifs is 1. The van der Waals surface area contributed by atoms with Crippen LogP contribution in [0, 0.1) is 18.3 Å². The Kier molecular flexibility index (Phi) is 4.35. The van der Waals surface area contributed by atoms with Crippen molar-refractivity contribution >= 4 is 34.0 Å². The zero-order valence-corrected chi connectivity index (χ0v) is 13.5. The number of thiazole rings is 1. The van der Waals surface area contributed by atoms with Gasteiger partial charge in [-0.15, -0.1) is 11.3 Å². The van der Waals surface area contributed by atoms with Crippen LogP contribution >= 0.6 is 11.3 Å². The molecule has 0 aliphatic carbocycles. The normalized spacial score (nSPS) is 11.8. The van der Waals surface area contributed by atoms with E-state index in [2.05, 4.69) is 15.2 Å². The summed E-state index contributed by atoms with van der Waals surface area (Å²) >= 11 is 1.23. The number of para-hydroxylation sites is 1. The van der Waals surface area contributed by atoms with Crippen LogP contribution in [-0.4, -0.2) is 33.5 Å². The monoisotopic (exact) mass is 340 g/mol. The van der Waals surface area contributed by atoms with E-state index in [1.807, 2.05) is 12.1 Å². The number of ketones is 1. The Morgan fingerprint density at radius 2 is 2.21 bits per heavy atom. The van der Waals surface area contributed by atoms with E-state index in [9.17, 15) is 14.9 Å². The quantitative estimate of drug-likeness (QED) is 0.714. The van der Waals surface area contributed by atoms with E-state index < -0.39 is 24.3 Å². The van der Waals surface area contributed by atoms with Crippen LogP contribution in [0.3, 0.4) is 0 Å². The summed E-state index contributed by atoms with van der Waals surface area (Å²) in [6.45, 7) is 1.28. The lowest BCUT2D eigenvalue weighted by molar-refractivity contribution is -0.122. The Labute approximate surface area is 140 Å². The topological polar surface area (TPSA) is 109 Å². The molecule has 1 N–H and O–H groups in total. The molecule has 24 heavy (non-hydrogen) atoms. The molecule has 7 nitrogen and oxygen atoms in total. The lowest BCUT2D eigenvalue weighted by Gasteiger charge is -2.06. The SMILES string of the molecule is Cc1csc([C@H](C#N)C(=O)COC(=O)c2n[nH]c3ccccc23)n1. The van der Waals surface area contributed by atoms with Crippen molar-refractivity contribution in [3.63, 3.8) is 0 Å². The number of rotatable bonds is 5. The number of nitriles is 1. The van der Waals surface area contributed by atoms with Gasteiger partial charge < -0.3 is 4.74 Å². The predicted octanol–water partition coefficient (Wildman–Crippen LogP) is 2.36. The summed E-state index contributed by atoms with van der Waals surface area (Å²) < 4.78 is 5.02. The molecule has 0 radical (unpaired) electrons. The van der Waals surface area contributed by atoms with E-state index >= 15 is 0 Å². The molecule has 0 aliphatic rings. The molecule has 2 heterocycles. The minimum atomic E-state index is -1.03. The predicted molar refractivity (Wildman–Crippen MR) is 86.6 cm³/mol. The summed E-state index contributed by atoms with van der Waals surface area (Å²) in [6, 6.07) is 9.00. The van der Waals surface area contributed by atoms with Gasteiger partial charge in [-0.1, -0.05) is 18.2 Å². The molecule has 0 fully saturated rings. The van der Waals surface area contributed by atoms with Crippen LogP contribution in [0.4, 0.5) is 0 Å². The van der Waals surface area contributed by atoms with Crippen LogP contribution in [0.5, 0.6) is 0 Å². The van der Waals surface area contributed by atoms with Gasteiger partial charge in [-0.05, 0) is 13.0 Å². The second-order valence-electron chi connectivity index (χ2n) is 5.05. The van der Waals surface area contributed by atoms with Gasteiger partial charge in [-0.25, -0.2) is 9.78 Å². The van der Waals surface area contributed by atoms with Gasteiger partial charge in [0, 0.05) is 16.5 Å².